The standard InChI is InChI=1S/C81H153NO18/c1-3-5-7-9-11-13-15-17-19-20-21-22-23-24-25-26-27-28-29-30-31-32-33-34-35-36-37-38-39-40-41-42-43-44-45-47-49-51-53-55-57-59-69(87)82-64(65(86)58-56-54-52-50-48-46-18-16-14-12-10-8-6-4-2)63-95-79-75(93)72(90)77(67(61-84)97-79)100-81-76(94)73(91)78(68(62-85)98-81)99-80-74(92)71(89)70(88)66(60-83)96-80/h15,17,20-21,64-68,70-81,83-86,88-94H,3-14,16,18-19,22-63H2,1-2H3,(H,82,87)/b17-15-,21-20-. The van der Waals surface area contributed by atoms with E-state index in [1.54, 1.807) is 0 Å². The van der Waals surface area contributed by atoms with Crippen LogP contribution < -0.4 is 5.32 Å². The molecule has 0 radical (unpaired) electrons. The highest BCUT2D eigenvalue weighted by Crippen LogP contribution is 2.33. The Hall–Kier alpha value is -1.73. The molecular weight excluding hydrogens is 1270 g/mol. The van der Waals surface area contributed by atoms with Crippen LogP contribution in [0.3, 0.4) is 0 Å². The molecule has 17 atom stereocenters. The number of amides is 1. The van der Waals surface area contributed by atoms with Crippen LogP contribution in [0.2, 0.25) is 0 Å². The average molecular weight is 1430 g/mol. The molecule has 0 aromatic carbocycles. The van der Waals surface area contributed by atoms with Crippen LogP contribution in [0.15, 0.2) is 24.3 Å². The topological polar surface area (TPSA) is 307 Å². The maximum Gasteiger partial charge on any atom is 0.220 e. The Morgan fingerprint density at radius 3 is 1.02 bits per heavy atom. The first-order valence-corrected chi connectivity index (χ1v) is 41.6. The molecule has 3 aliphatic heterocycles. The highest BCUT2D eigenvalue weighted by atomic mass is 16.8. The van der Waals surface area contributed by atoms with Crippen molar-refractivity contribution in [2.45, 2.75) is 458 Å². The van der Waals surface area contributed by atoms with Crippen molar-refractivity contribution in [3.63, 3.8) is 0 Å². The van der Waals surface area contributed by atoms with E-state index in [1.807, 2.05) is 0 Å². The van der Waals surface area contributed by atoms with Crippen molar-refractivity contribution in [3.05, 3.63) is 24.3 Å². The Bertz CT molecular complexity index is 1900. The molecule has 3 rings (SSSR count). The van der Waals surface area contributed by atoms with Gasteiger partial charge in [0.25, 0.3) is 0 Å². The molecule has 1 amide bonds. The van der Waals surface area contributed by atoms with Gasteiger partial charge < -0.3 is 89.9 Å². The first-order chi connectivity index (χ1) is 48.8. The first kappa shape index (κ1) is 92.5. The maximum absolute atomic E-state index is 13.5. The normalized spacial score (nSPS) is 26.5. The number of allylic oxidation sites excluding steroid dienone is 4. The van der Waals surface area contributed by atoms with Gasteiger partial charge in [0.05, 0.1) is 38.6 Å². The fourth-order valence-electron chi connectivity index (χ4n) is 14.3. The second kappa shape index (κ2) is 62.3. The number of nitrogens with one attached hydrogen (secondary N) is 1. The molecule has 19 heteroatoms. The zero-order valence-electron chi connectivity index (χ0n) is 63.2. The van der Waals surface area contributed by atoms with Crippen molar-refractivity contribution >= 4 is 5.91 Å². The molecule has 0 bridgehead atoms. The number of ether oxygens (including phenoxy) is 6. The molecule has 100 heavy (non-hydrogen) atoms. The van der Waals surface area contributed by atoms with E-state index in [1.165, 1.54) is 270 Å². The Morgan fingerprint density at radius 1 is 0.360 bits per heavy atom. The lowest BCUT2D eigenvalue weighted by Gasteiger charge is -2.48. The van der Waals surface area contributed by atoms with E-state index in [0.717, 1.165) is 51.4 Å². The molecule has 17 unspecified atom stereocenters. The van der Waals surface area contributed by atoms with E-state index in [4.69, 9.17) is 28.4 Å². The zero-order chi connectivity index (χ0) is 72.5. The van der Waals surface area contributed by atoms with Gasteiger partial charge in [-0.05, 0) is 44.9 Å². The summed E-state index contributed by atoms with van der Waals surface area (Å²) in [5.74, 6) is -0.235. The second-order valence-electron chi connectivity index (χ2n) is 29.9. The van der Waals surface area contributed by atoms with Crippen molar-refractivity contribution in [1.29, 1.82) is 0 Å². The molecule has 3 saturated heterocycles. The smallest absolute Gasteiger partial charge is 0.220 e. The summed E-state index contributed by atoms with van der Waals surface area (Å²) in [7, 11) is 0. The zero-order valence-corrected chi connectivity index (χ0v) is 63.2. The summed E-state index contributed by atoms with van der Waals surface area (Å²) in [6.45, 7) is 1.83. The minimum Gasteiger partial charge on any atom is -0.394 e. The Kier molecular flexibility index (Phi) is 57.6. The predicted octanol–water partition coefficient (Wildman–Crippen LogP) is 14.1. The van der Waals surface area contributed by atoms with Gasteiger partial charge >= 0.3 is 0 Å². The number of hydrogen-bond acceptors (Lipinski definition) is 18. The van der Waals surface area contributed by atoms with E-state index in [2.05, 4.69) is 43.5 Å². The van der Waals surface area contributed by atoms with Gasteiger partial charge in [0, 0.05) is 6.42 Å². The number of aliphatic hydroxyl groups excluding tert-OH is 11. The van der Waals surface area contributed by atoms with Crippen LogP contribution in [-0.2, 0) is 33.2 Å². The fraction of sp³-hybridized carbons (Fsp3) is 0.938. The predicted molar refractivity (Wildman–Crippen MR) is 397 cm³/mol. The summed E-state index contributed by atoms with van der Waals surface area (Å²) >= 11 is 0. The van der Waals surface area contributed by atoms with Gasteiger partial charge in [-0.3, -0.25) is 4.79 Å². The second-order valence-corrected chi connectivity index (χ2v) is 29.9. The summed E-state index contributed by atoms with van der Waals surface area (Å²) in [5.41, 5.74) is 0. The van der Waals surface area contributed by atoms with Crippen LogP contribution in [0.4, 0.5) is 0 Å². The number of carbonyl (C=O) groups is 1. The van der Waals surface area contributed by atoms with Gasteiger partial charge in [0.1, 0.15) is 73.2 Å². The summed E-state index contributed by atoms with van der Waals surface area (Å²) in [4.78, 5) is 13.5. The van der Waals surface area contributed by atoms with E-state index >= 15 is 0 Å². The first-order valence-electron chi connectivity index (χ1n) is 41.6. The van der Waals surface area contributed by atoms with Crippen molar-refractivity contribution in [3.8, 4) is 0 Å². The highest BCUT2D eigenvalue weighted by Gasteiger charge is 2.54. The maximum atomic E-state index is 13.5. The van der Waals surface area contributed by atoms with Gasteiger partial charge in [-0.15, -0.1) is 0 Å². The largest absolute Gasteiger partial charge is 0.394 e. The van der Waals surface area contributed by atoms with Gasteiger partial charge in [-0.1, -0.05) is 327 Å². The van der Waals surface area contributed by atoms with Crippen LogP contribution in [0.25, 0.3) is 0 Å². The van der Waals surface area contributed by atoms with E-state index in [0.29, 0.717) is 12.8 Å². The van der Waals surface area contributed by atoms with Crippen molar-refractivity contribution in [1.82, 2.24) is 5.32 Å². The summed E-state index contributed by atoms with van der Waals surface area (Å²) in [6.07, 6.45) is 48.8. The molecule has 0 aliphatic carbocycles. The van der Waals surface area contributed by atoms with Gasteiger partial charge in [-0.2, -0.15) is 0 Å². The van der Waals surface area contributed by atoms with Crippen LogP contribution in [0.1, 0.15) is 354 Å². The van der Waals surface area contributed by atoms with E-state index in [9.17, 15) is 61.0 Å². The minimum absolute atomic E-state index is 0.235. The molecular formula is C81H153NO18. The lowest BCUT2D eigenvalue weighted by molar-refractivity contribution is -0.379. The molecule has 19 nitrogen and oxygen atoms in total. The van der Waals surface area contributed by atoms with Gasteiger partial charge in [-0.25, -0.2) is 0 Å². The third kappa shape index (κ3) is 42.0. The van der Waals surface area contributed by atoms with Crippen molar-refractivity contribution < 1.29 is 89.4 Å². The number of carbonyl (C=O) groups excluding carboxylic acids is 1. The Morgan fingerprint density at radius 2 is 0.660 bits per heavy atom. The summed E-state index contributed by atoms with van der Waals surface area (Å²) < 4.78 is 34.5. The van der Waals surface area contributed by atoms with Crippen LogP contribution in [0.5, 0.6) is 0 Å². The number of rotatable bonds is 67. The quantitative estimate of drug-likeness (QED) is 0.0199. The van der Waals surface area contributed by atoms with Crippen LogP contribution in [-0.4, -0.2) is 193 Å². The Balaban J connectivity index is 1.26. The third-order valence-electron chi connectivity index (χ3n) is 21.0. The van der Waals surface area contributed by atoms with Crippen LogP contribution >= 0.6 is 0 Å². The molecule has 0 spiro atoms. The molecule has 3 fully saturated rings. The molecule has 590 valence electrons. The molecule has 0 saturated carbocycles. The monoisotopic (exact) mass is 1430 g/mol. The number of aliphatic hydroxyl groups is 11. The van der Waals surface area contributed by atoms with Crippen molar-refractivity contribution in [2.75, 3.05) is 26.4 Å². The van der Waals surface area contributed by atoms with Crippen LogP contribution in [0, 0.1) is 0 Å². The lowest BCUT2D eigenvalue weighted by Crippen LogP contribution is -2.66. The van der Waals surface area contributed by atoms with E-state index < -0.39 is 124 Å². The minimum atomic E-state index is -1.97. The molecule has 0 aromatic heterocycles. The summed E-state index contributed by atoms with van der Waals surface area (Å²) in [6, 6.07) is -0.884. The summed E-state index contributed by atoms with van der Waals surface area (Å²) in [5, 5.41) is 121. The highest BCUT2D eigenvalue weighted by molar-refractivity contribution is 5.76. The molecule has 3 aliphatic rings. The average Bonchev–Trinajstić information content (AvgIpc) is 0.783. The molecule has 12 N–H and O–H groups in total. The fourth-order valence-corrected chi connectivity index (χ4v) is 14.3. The Labute approximate surface area is 607 Å². The van der Waals surface area contributed by atoms with E-state index in [-0.39, 0.29) is 18.9 Å². The van der Waals surface area contributed by atoms with Crippen molar-refractivity contribution in [2.24, 2.45) is 0 Å². The molecule has 0 aromatic rings. The molecule has 3 heterocycles. The number of unbranched alkanes of at least 4 members (excludes halogenated alkanes) is 47. The van der Waals surface area contributed by atoms with Gasteiger partial charge in [0.15, 0.2) is 18.9 Å². The third-order valence-corrected chi connectivity index (χ3v) is 21.0. The lowest BCUT2D eigenvalue weighted by atomic mass is 9.96. The SMILES string of the molecule is CCCCCCC/C=C\C/C=C\CCCCCCCCCCCCCCCCCCCCCCCCCCCCCCCC(=O)NC(COC1OC(CO)C(OC2OC(CO)C(OC3OC(CO)C(O)C(O)C3O)C(O)C2O)C(O)C1O)C(O)CCCCCCCCCCCCCCCC. The van der Waals surface area contributed by atoms with Gasteiger partial charge in [0.2, 0.25) is 5.91 Å². The number of hydrogen-bond donors (Lipinski definition) is 12.